The quantitative estimate of drug-likeness (QED) is 0.511. The number of anilines is 1. The molecule has 0 spiro atoms. The third-order valence-electron chi connectivity index (χ3n) is 5.39. The molecule has 1 N–H and O–H groups in total. The molecule has 2 heterocycles. The first-order valence-corrected chi connectivity index (χ1v) is 11.7. The lowest BCUT2D eigenvalue weighted by molar-refractivity contribution is -0.149. The van der Waals surface area contributed by atoms with Crippen LogP contribution in [0.25, 0.3) is 6.08 Å². The molecular formula is C24H23ClN2O4S. The molecule has 2 amide bonds. The summed E-state index contributed by atoms with van der Waals surface area (Å²) in [6, 6.07) is 12.6. The first kappa shape index (κ1) is 22.4. The Morgan fingerprint density at radius 1 is 1.28 bits per heavy atom. The molecule has 1 unspecified atom stereocenters. The Hall–Kier alpha value is -2.77. The number of hydrogen-bond donors (Lipinski definition) is 1. The fourth-order valence-corrected chi connectivity index (χ4v) is 4.97. The zero-order valence-electron chi connectivity index (χ0n) is 17.6. The van der Waals surface area contributed by atoms with Crippen LogP contribution in [0, 0.1) is 5.92 Å². The Balaban J connectivity index is 1.50. The molecule has 0 aromatic heterocycles. The molecule has 1 atom stereocenters. The number of halogens is 1. The molecule has 1 fully saturated rings. The van der Waals surface area contributed by atoms with Gasteiger partial charge in [-0.3, -0.25) is 14.4 Å². The van der Waals surface area contributed by atoms with E-state index in [-0.39, 0.29) is 23.7 Å². The largest absolute Gasteiger partial charge is 0.466 e. The Labute approximate surface area is 196 Å². The van der Waals surface area contributed by atoms with Crippen molar-refractivity contribution in [2.24, 2.45) is 5.92 Å². The van der Waals surface area contributed by atoms with Crippen LogP contribution in [0.1, 0.15) is 35.7 Å². The molecule has 2 aromatic carbocycles. The number of carbonyl (C=O) groups is 3. The van der Waals surface area contributed by atoms with Gasteiger partial charge in [-0.25, -0.2) is 0 Å². The van der Waals surface area contributed by atoms with E-state index in [0.29, 0.717) is 40.9 Å². The van der Waals surface area contributed by atoms with Crippen LogP contribution in [0.4, 0.5) is 5.69 Å². The number of likely N-dealkylation sites (tertiary alicyclic amines) is 1. The van der Waals surface area contributed by atoms with Crippen LogP contribution in [-0.4, -0.2) is 42.4 Å². The summed E-state index contributed by atoms with van der Waals surface area (Å²) in [5.74, 6) is -0.924. The Morgan fingerprint density at radius 3 is 2.91 bits per heavy atom. The van der Waals surface area contributed by atoms with Crippen molar-refractivity contribution in [2.75, 3.05) is 25.0 Å². The molecule has 0 aliphatic carbocycles. The van der Waals surface area contributed by atoms with Crippen LogP contribution in [0.3, 0.4) is 0 Å². The third-order valence-corrected chi connectivity index (χ3v) is 6.73. The summed E-state index contributed by atoms with van der Waals surface area (Å²) in [6.45, 7) is 3.06. The van der Waals surface area contributed by atoms with Crippen molar-refractivity contribution in [1.29, 1.82) is 0 Å². The predicted octanol–water partition coefficient (Wildman–Crippen LogP) is 4.84. The maximum atomic E-state index is 13.1. The van der Waals surface area contributed by atoms with Gasteiger partial charge in [0.25, 0.3) is 11.8 Å². The molecule has 0 saturated carbocycles. The van der Waals surface area contributed by atoms with Gasteiger partial charge in [0.2, 0.25) is 0 Å². The average Bonchev–Trinajstić information content (AvgIpc) is 2.79. The maximum Gasteiger partial charge on any atom is 0.310 e. The van der Waals surface area contributed by atoms with Crippen molar-refractivity contribution in [1.82, 2.24) is 4.90 Å². The summed E-state index contributed by atoms with van der Waals surface area (Å²) >= 11 is 7.39. The zero-order chi connectivity index (χ0) is 22.7. The van der Waals surface area contributed by atoms with Crippen LogP contribution >= 0.6 is 23.4 Å². The van der Waals surface area contributed by atoms with Crippen molar-refractivity contribution in [3.05, 3.63) is 63.5 Å². The summed E-state index contributed by atoms with van der Waals surface area (Å²) in [6.07, 6.45) is 3.27. The van der Waals surface area contributed by atoms with Crippen LogP contribution in [-0.2, 0) is 14.3 Å². The summed E-state index contributed by atoms with van der Waals surface area (Å²) < 4.78 is 5.12. The second kappa shape index (κ2) is 9.79. The molecule has 1 saturated heterocycles. The van der Waals surface area contributed by atoms with Crippen LogP contribution in [0.5, 0.6) is 0 Å². The third kappa shape index (κ3) is 5.00. The van der Waals surface area contributed by atoms with Gasteiger partial charge < -0.3 is 15.0 Å². The Morgan fingerprint density at radius 2 is 2.12 bits per heavy atom. The number of nitrogens with zero attached hydrogens (tertiary/aromatic N) is 1. The fourth-order valence-electron chi connectivity index (χ4n) is 3.84. The van der Waals surface area contributed by atoms with Gasteiger partial charge >= 0.3 is 5.97 Å². The van der Waals surface area contributed by atoms with Gasteiger partial charge in [-0.15, -0.1) is 0 Å². The minimum Gasteiger partial charge on any atom is -0.466 e. The number of fused-ring (bicyclic) bond motifs is 1. The molecule has 2 aromatic rings. The van der Waals surface area contributed by atoms with Gasteiger partial charge in [0.1, 0.15) is 0 Å². The summed E-state index contributed by atoms with van der Waals surface area (Å²) in [4.78, 5) is 40.9. The number of hydrogen-bond acceptors (Lipinski definition) is 5. The highest BCUT2D eigenvalue weighted by atomic mass is 35.5. The number of ether oxygens (including phenoxy) is 1. The molecular weight excluding hydrogens is 448 g/mol. The lowest BCUT2D eigenvalue weighted by Crippen LogP contribution is -2.42. The summed E-state index contributed by atoms with van der Waals surface area (Å²) in [5.41, 5.74) is 1.93. The molecule has 2 aliphatic heterocycles. The second-order valence-electron chi connectivity index (χ2n) is 7.67. The van der Waals surface area contributed by atoms with E-state index in [1.54, 1.807) is 42.2 Å². The van der Waals surface area contributed by atoms with Crippen LogP contribution < -0.4 is 5.32 Å². The van der Waals surface area contributed by atoms with E-state index < -0.39 is 0 Å². The van der Waals surface area contributed by atoms with E-state index >= 15 is 0 Å². The first-order chi connectivity index (χ1) is 15.4. The maximum absolute atomic E-state index is 13.1. The molecule has 166 valence electrons. The lowest BCUT2D eigenvalue weighted by atomic mass is 9.97. The van der Waals surface area contributed by atoms with Crippen LogP contribution in [0.15, 0.2) is 52.3 Å². The Kier molecular flexibility index (Phi) is 6.86. The number of carbonyl (C=O) groups excluding carboxylic acids is 3. The normalized spacial score (nSPS) is 19.3. The van der Waals surface area contributed by atoms with Gasteiger partial charge in [-0.1, -0.05) is 35.5 Å². The van der Waals surface area contributed by atoms with Gasteiger partial charge in [0, 0.05) is 28.6 Å². The molecule has 4 rings (SSSR count). The number of rotatable bonds is 4. The minimum absolute atomic E-state index is 0.152. The van der Waals surface area contributed by atoms with Gasteiger partial charge in [0.15, 0.2) is 0 Å². The fraction of sp³-hybridized carbons (Fsp3) is 0.292. The monoisotopic (exact) mass is 470 g/mol. The van der Waals surface area contributed by atoms with Gasteiger partial charge in [0.05, 0.1) is 23.1 Å². The number of esters is 1. The standard InChI is InChI=1S/C24H23ClN2O4S/c1-2-31-24(30)17-6-4-10-27(14-17)23(29)16-8-9-20-19(13-16)26-22(28)21(32-20)12-15-5-3-7-18(25)11-15/h3,5,7-9,11-13,17H,2,4,6,10,14H2,1H3,(H,26,28). The smallest absolute Gasteiger partial charge is 0.310 e. The predicted molar refractivity (Wildman–Crippen MR) is 126 cm³/mol. The summed E-state index contributed by atoms with van der Waals surface area (Å²) in [5, 5.41) is 3.48. The molecule has 0 radical (unpaired) electrons. The number of amides is 2. The van der Waals surface area contributed by atoms with Crippen molar-refractivity contribution >= 4 is 52.9 Å². The van der Waals surface area contributed by atoms with Crippen molar-refractivity contribution in [3.63, 3.8) is 0 Å². The molecule has 2 aliphatic rings. The average molecular weight is 471 g/mol. The van der Waals surface area contributed by atoms with E-state index in [1.165, 1.54) is 11.8 Å². The topological polar surface area (TPSA) is 75.7 Å². The highest BCUT2D eigenvalue weighted by Gasteiger charge is 2.30. The number of benzene rings is 2. The molecule has 6 nitrogen and oxygen atoms in total. The Bertz CT molecular complexity index is 1100. The van der Waals surface area contributed by atoms with Crippen molar-refractivity contribution in [2.45, 2.75) is 24.7 Å². The van der Waals surface area contributed by atoms with Gasteiger partial charge in [-0.2, -0.15) is 0 Å². The lowest BCUT2D eigenvalue weighted by Gasteiger charge is -2.32. The highest BCUT2D eigenvalue weighted by molar-refractivity contribution is 8.04. The molecule has 32 heavy (non-hydrogen) atoms. The summed E-state index contributed by atoms with van der Waals surface area (Å²) in [7, 11) is 0. The van der Waals surface area contributed by atoms with E-state index in [9.17, 15) is 14.4 Å². The number of nitrogens with one attached hydrogen (secondary N) is 1. The first-order valence-electron chi connectivity index (χ1n) is 10.5. The SMILES string of the molecule is CCOC(=O)C1CCCN(C(=O)c2ccc3c(c2)NC(=O)C(=Cc2cccc(Cl)c2)S3)C1. The van der Waals surface area contributed by atoms with Crippen molar-refractivity contribution < 1.29 is 19.1 Å². The van der Waals surface area contributed by atoms with E-state index in [0.717, 1.165) is 23.3 Å². The van der Waals surface area contributed by atoms with E-state index in [1.807, 2.05) is 18.2 Å². The molecule has 0 bridgehead atoms. The second-order valence-corrected chi connectivity index (χ2v) is 9.19. The minimum atomic E-state index is -0.292. The van der Waals surface area contributed by atoms with E-state index in [4.69, 9.17) is 16.3 Å². The van der Waals surface area contributed by atoms with Crippen molar-refractivity contribution in [3.8, 4) is 0 Å². The molecule has 8 heteroatoms. The van der Waals surface area contributed by atoms with Gasteiger partial charge in [-0.05, 0) is 61.7 Å². The highest BCUT2D eigenvalue weighted by Crippen LogP contribution is 2.39. The van der Waals surface area contributed by atoms with Crippen LogP contribution in [0.2, 0.25) is 5.02 Å². The number of thioether (sulfide) groups is 1. The zero-order valence-corrected chi connectivity index (χ0v) is 19.2. The van der Waals surface area contributed by atoms with E-state index in [2.05, 4.69) is 5.32 Å². The number of piperidine rings is 1.